The zero-order valence-corrected chi connectivity index (χ0v) is 19.3. The van der Waals surface area contributed by atoms with Gasteiger partial charge >= 0.3 is 0 Å². The second kappa shape index (κ2) is 9.03. The Morgan fingerprint density at radius 3 is 2.55 bits per heavy atom. The molecule has 0 radical (unpaired) electrons. The molecule has 1 aliphatic heterocycles. The number of thiophene rings is 1. The zero-order chi connectivity index (χ0) is 22.8. The van der Waals surface area contributed by atoms with Crippen molar-refractivity contribution in [3.63, 3.8) is 0 Å². The summed E-state index contributed by atoms with van der Waals surface area (Å²) in [6, 6.07) is 21.7. The summed E-state index contributed by atoms with van der Waals surface area (Å²) in [4.78, 5) is 14.0. The Balaban J connectivity index is 1.62. The second-order valence-electron chi connectivity index (χ2n) is 7.78. The van der Waals surface area contributed by atoms with Crippen LogP contribution in [0.25, 0.3) is 16.9 Å². The van der Waals surface area contributed by atoms with Gasteiger partial charge in [0.1, 0.15) is 5.75 Å². The van der Waals surface area contributed by atoms with Crippen LogP contribution in [0.1, 0.15) is 36.2 Å². The first-order chi connectivity index (χ1) is 16.2. The van der Waals surface area contributed by atoms with Crippen LogP contribution in [0.4, 0.5) is 0 Å². The molecule has 2 aromatic carbocycles. The Kier molecular flexibility index (Phi) is 5.79. The zero-order valence-electron chi connectivity index (χ0n) is 18.5. The van der Waals surface area contributed by atoms with E-state index in [0.717, 1.165) is 38.8 Å². The molecule has 0 bridgehead atoms. The largest absolute Gasteiger partial charge is 0.497 e. The third-order valence-corrected chi connectivity index (χ3v) is 6.68. The van der Waals surface area contributed by atoms with Gasteiger partial charge in [-0.3, -0.25) is 4.79 Å². The number of rotatable bonds is 6. The standard InChI is InChI=1S/C26H24N4O2S/c1-3-25(31)30-23(16-22(27-30)24-10-7-15-33-24)21-17-29(19-8-5-4-6-9-19)28-26(21)18-11-13-20(32-2)14-12-18/h4-15,17,23H,3,16H2,1-2H3/t23-/m0/s1. The van der Waals surface area contributed by atoms with Crippen molar-refractivity contribution in [3.8, 4) is 22.7 Å². The van der Waals surface area contributed by atoms with Gasteiger partial charge in [0, 0.05) is 30.2 Å². The minimum Gasteiger partial charge on any atom is -0.497 e. The third-order valence-electron chi connectivity index (χ3n) is 5.76. The second-order valence-corrected chi connectivity index (χ2v) is 8.73. The molecule has 0 fully saturated rings. The van der Waals surface area contributed by atoms with E-state index in [-0.39, 0.29) is 11.9 Å². The molecule has 4 aromatic rings. The molecule has 0 spiro atoms. The van der Waals surface area contributed by atoms with Gasteiger partial charge in [-0.1, -0.05) is 31.2 Å². The van der Waals surface area contributed by atoms with Crippen molar-refractivity contribution >= 4 is 23.0 Å². The normalized spacial score (nSPS) is 15.5. The maximum Gasteiger partial charge on any atom is 0.242 e. The predicted octanol–water partition coefficient (Wildman–Crippen LogP) is 5.70. The molecule has 7 heteroatoms. The smallest absolute Gasteiger partial charge is 0.242 e. The lowest BCUT2D eigenvalue weighted by atomic mass is 9.98. The molecule has 1 aliphatic rings. The number of aromatic nitrogens is 2. The van der Waals surface area contributed by atoms with Gasteiger partial charge < -0.3 is 4.74 Å². The lowest BCUT2D eigenvalue weighted by Gasteiger charge is -2.21. The summed E-state index contributed by atoms with van der Waals surface area (Å²) < 4.78 is 7.21. The molecule has 1 atom stereocenters. The summed E-state index contributed by atoms with van der Waals surface area (Å²) >= 11 is 1.64. The molecule has 0 unspecified atom stereocenters. The van der Waals surface area contributed by atoms with Crippen LogP contribution in [0.5, 0.6) is 5.75 Å². The SMILES string of the molecule is CCC(=O)N1N=C(c2cccs2)C[C@H]1c1cn(-c2ccccc2)nc1-c1ccc(OC)cc1. The number of carbonyl (C=O) groups excluding carboxylic acids is 1. The quantitative estimate of drug-likeness (QED) is 0.374. The van der Waals surface area contributed by atoms with Crippen LogP contribution < -0.4 is 4.74 Å². The number of nitrogens with zero attached hydrogens (tertiary/aromatic N) is 4. The van der Waals surface area contributed by atoms with E-state index in [1.54, 1.807) is 23.5 Å². The highest BCUT2D eigenvalue weighted by Crippen LogP contribution is 2.39. The van der Waals surface area contributed by atoms with Crippen molar-refractivity contribution in [2.75, 3.05) is 7.11 Å². The Morgan fingerprint density at radius 1 is 1.09 bits per heavy atom. The van der Waals surface area contributed by atoms with Crippen molar-refractivity contribution in [1.29, 1.82) is 0 Å². The molecule has 6 nitrogen and oxygen atoms in total. The van der Waals surface area contributed by atoms with E-state index in [4.69, 9.17) is 14.9 Å². The average Bonchev–Trinajstić information content (AvgIpc) is 3.63. The van der Waals surface area contributed by atoms with E-state index in [1.165, 1.54) is 0 Å². The molecule has 2 aromatic heterocycles. The topological polar surface area (TPSA) is 59.7 Å². The molecule has 0 saturated heterocycles. The molecular formula is C26H24N4O2S. The number of para-hydroxylation sites is 1. The summed E-state index contributed by atoms with van der Waals surface area (Å²) in [5.41, 5.74) is 4.67. The Bertz CT molecular complexity index is 1280. The van der Waals surface area contributed by atoms with Gasteiger partial charge in [-0.25, -0.2) is 9.69 Å². The fraction of sp³-hybridized carbons (Fsp3) is 0.192. The molecule has 0 aliphatic carbocycles. The monoisotopic (exact) mass is 456 g/mol. The van der Waals surface area contributed by atoms with E-state index in [0.29, 0.717) is 12.8 Å². The molecule has 5 rings (SSSR count). The van der Waals surface area contributed by atoms with Gasteiger partial charge in [0.05, 0.1) is 35.1 Å². The number of hydrogen-bond acceptors (Lipinski definition) is 5. The number of hydrogen-bond donors (Lipinski definition) is 0. The van der Waals surface area contributed by atoms with Gasteiger partial charge in [-0.05, 0) is 47.8 Å². The number of carbonyl (C=O) groups is 1. The maximum absolute atomic E-state index is 12.9. The first-order valence-corrected chi connectivity index (χ1v) is 11.8. The van der Waals surface area contributed by atoms with Crippen LogP contribution >= 0.6 is 11.3 Å². The van der Waals surface area contributed by atoms with Crippen molar-refractivity contribution in [1.82, 2.24) is 14.8 Å². The van der Waals surface area contributed by atoms with Crippen LogP contribution in [-0.2, 0) is 4.79 Å². The van der Waals surface area contributed by atoms with Gasteiger partial charge in [0.15, 0.2) is 0 Å². The fourth-order valence-electron chi connectivity index (χ4n) is 4.05. The summed E-state index contributed by atoms with van der Waals surface area (Å²) in [5, 5.41) is 13.4. The first kappa shape index (κ1) is 21.2. The van der Waals surface area contributed by atoms with Crippen LogP contribution in [0, 0.1) is 0 Å². The summed E-state index contributed by atoms with van der Waals surface area (Å²) in [7, 11) is 1.65. The minimum absolute atomic E-state index is 0.000279. The Labute approximate surface area is 196 Å². The molecule has 0 N–H and O–H groups in total. The number of hydrazone groups is 1. The van der Waals surface area contributed by atoms with E-state index >= 15 is 0 Å². The van der Waals surface area contributed by atoms with Crippen LogP contribution in [-0.4, -0.2) is 33.5 Å². The van der Waals surface area contributed by atoms with Crippen LogP contribution in [0.15, 0.2) is 83.4 Å². The maximum atomic E-state index is 12.9. The highest BCUT2D eigenvalue weighted by atomic mass is 32.1. The molecule has 1 amide bonds. The summed E-state index contributed by atoms with van der Waals surface area (Å²) in [5.74, 6) is 0.787. The lowest BCUT2D eigenvalue weighted by Crippen LogP contribution is -2.26. The van der Waals surface area contributed by atoms with Crippen molar-refractivity contribution in [2.45, 2.75) is 25.8 Å². The Morgan fingerprint density at radius 2 is 1.88 bits per heavy atom. The number of ether oxygens (including phenoxy) is 1. The number of amides is 1. The van der Waals surface area contributed by atoms with E-state index in [1.807, 2.05) is 83.8 Å². The molecule has 33 heavy (non-hydrogen) atoms. The van der Waals surface area contributed by atoms with Crippen LogP contribution in [0.2, 0.25) is 0 Å². The van der Waals surface area contributed by atoms with E-state index < -0.39 is 0 Å². The summed E-state index contributed by atoms with van der Waals surface area (Å²) in [6.45, 7) is 1.87. The molecule has 166 valence electrons. The van der Waals surface area contributed by atoms with Gasteiger partial charge in [-0.15, -0.1) is 11.3 Å². The molecular weight excluding hydrogens is 432 g/mol. The van der Waals surface area contributed by atoms with E-state index in [2.05, 4.69) is 6.07 Å². The van der Waals surface area contributed by atoms with E-state index in [9.17, 15) is 4.79 Å². The lowest BCUT2D eigenvalue weighted by molar-refractivity contribution is -0.132. The third kappa shape index (κ3) is 4.07. The average molecular weight is 457 g/mol. The van der Waals surface area contributed by atoms with Crippen molar-refractivity contribution < 1.29 is 9.53 Å². The number of benzene rings is 2. The fourth-order valence-corrected chi connectivity index (χ4v) is 4.77. The van der Waals surface area contributed by atoms with Crippen molar-refractivity contribution in [2.24, 2.45) is 5.10 Å². The predicted molar refractivity (Wildman–Crippen MR) is 131 cm³/mol. The number of methoxy groups -OCH3 is 1. The molecule has 3 heterocycles. The van der Waals surface area contributed by atoms with Crippen LogP contribution in [0.3, 0.4) is 0 Å². The van der Waals surface area contributed by atoms with Gasteiger partial charge in [0.25, 0.3) is 0 Å². The van der Waals surface area contributed by atoms with Gasteiger partial charge in [-0.2, -0.15) is 10.2 Å². The highest BCUT2D eigenvalue weighted by Gasteiger charge is 2.35. The van der Waals surface area contributed by atoms with Crippen molar-refractivity contribution in [3.05, 3.63) is 88.7 Å². The van der Waals surface area contributed by atoms with Gasteiger partial charge in [0.2, 0.25) is 5.91 Å². The minimum atomic E-state index is -0.218. The Hall–Kier alpha value is -3.71. The highest BCUT2D eigenvalue weighted by molar-refractivity contribution is 7.12. The molecule has 0 saturated carbocycles. The summed E-state index contributed by atoms with van der Waals surface area (Å²) in [6.07, 6.45) is 3.07. The first-order valence-electron chi connectivity index (χ1n) is 10.9.